The zero-order valence-electron chi connectivity index (χ0n) is 14.8. The molecule has 0 spiro atoms. The van der Waals surface area contributed by atoms with Gasteiger partial charge in [-0.25, -0.2) is 4.39 Å². The Morgan fingerprint density at radius 2 is 1.67 bits per heavy atom. The minimum Gasteiger partial charge on any atom is -0.493 e. The Hall–Kier alpha value is -2.42. The molecule has 2 aromatic carbocycles. The number of carbonyl (C=O) groups is 1. The third kappa shape index (κ3) is 8.89. The second-order valence-electron chi connectivity index (χ2n) is 4.56. The van der Waals surface area contributed by atoms with Gasteiger partial charge in [0.2, 0.25) is 0 Å². The summed E-state index contributed by atoms with van der Waals surface area (Å²) in [6.45, 7) is 9.77. The summed E-state index contributed by atoms with van der Waals surface area (Å²) in [5, 5.41) is 0. The van der Waals surface area contributed by atoms with E-state index < -0.39 is 0 Å². The van der Waals surface area contributed by atoms with Crippen molar-refractivity contribution in [2.45, 2.75) is 33.6 Å². The van der Waals surface area contributed by atoms with E-state index in [1.54, 1.807) is 12.1 Å². The third-order valence-electron chi connectivity index (χ3n) is 2.90. The lowest BCUT2D eigenvalue weighted by molar-refractivity contribution is -0.106. The van der Waals surface area contributed by atoms with Gasteiger partial charge in [-0.1, -0.05) is 50.3 Å². The average molecular weight is 330 g/mol. The van der Waals surface area contributed by atoms with Crippen LogP contribution in [-0.4, -0.2) is 12.9 Å². The lowest BCUT2D eigenvalue weighted by Crippen LogP contribution is -2.03. The predicted molar refractivity (Wildman–Crippen MR) is 99.0 cm³/mol. The number of rotatable bonds is 6. The SMILES string of the molecule is C=CCc1ccccc1OCCc1ccc(F)cc1.CC.CC=O. The zero-order valence-corrected chi connectivity index (χ0v) is 14.8. The summed E-state index contributed by atoms with van der Waals surface area (Å²) in [7, 11) is 0. The minimum absolute atomic E-state index is 0.207. The molecule has 0 atom stereocenters. The highest BCUT2D eigenvalue weighted by Gasteiger charge is 2.01. The summed E-state index contributed by atoms with van der Waals surface area (Å²) >= 11 is 0. The van der Waals surface area contributed by atoms with Gasteiger partial charge in [-0.15, -0.1) is 6.58 Å². The van der Waals surface area contributed by atoms with E-state index in [2.05, 4.69) is 6.58 Å². The van der Waals surface area contributed by atoms with E-state index in [9.17, 15) is 4.39 Å². The first kappa shape index (κ1) is 21.6. The number of para-hydroxylation sites is 1. The van der Waals surface area contributed by atoms with E-state index in [4.69, 9.17) is 9.53 Å². The topological polar surface area (TPSA) is 26.3 Å². The normalized spacial score (nSPS) is 8.83. The zero-order chi connectivity index (χ0) is 18.2. The molecule has 2 nitrogen and oxygen atoms in total. The van der Waals surface area contributed by atoms with Crippen LogP contribution in [0.15, 0.2) is 61.2 Å². The molecule has 0 saturated heterocycles. The van der Waals surface area contributed by atoms with Crippen LogP contribution in [0.25, 0.3) is 0 Å². The molecule has 0 aromatic heterocycles. The fourth-order valence-electron chi connectivity index (χ4n) is 1.90. The number of hydrogen-bond donors (Lipinski definition) is 0. The Kier molecular flexibility index (Phi) is 12.8. The van der Waals surface area contributed by atoms with Gasteiger partial charge in [0.15, 0.2) is 0 Å². The van der Waals surface area contributed by atoms with E-state index in [1.165, 1.54) is 19.1 Å². The van der Waals surface area contributed by atoms with Crippen LogP contribution in [0, 0.1) is 5.82 Å². The molecule has 0 unspecified atom stereocenters. The number of carbonyl (C=O) groups excluding carboxylic acids is 1. The van der Waals surface area contributed by atoms with Crippen molar-refractivity contribution in [2.75, 3.05) is 6.61 Å². The largest absolute Gasteiger partial charge is 0.493 e. The van der Waals surface area contributed by atoms with Crippen molar-refractivity contribution in [3.05, 3.63) is 78.1 Å². The quantitative estimate of drug-likeness (QED) is 0.523. The molecule has 0 heterocycles. The van der Waals surface area contributed by atoms with E-state index >= 15 is 0 Å². The van der Waals surface area contributed by atoms with E-state index in [1.807, 2.05) is 44.2 Å². The summed E-state index contributed by atoms with van der Waals surface area (Å²) < 4.78 is 18.6. The summed E-state index contributed by atoms with van der Waals surface area (Å²) in [5.74, 6) is 0.686. The predicted octanol–water partition coefficient (Wildman–Crippen LogP) is 5.41. The molecule has 130 valence electrons. The Balaban J connectivity index is 0.000000952. The molecule has 0 bridgehead atoms. The maximum absolute atomic E-state index is 12.8. The second-order valence-corrected chi connectivity index (χ2v) is 4.56. The first-order valence-electron chi connectivity index (χ1n) is 8.17. The molecule has 0 saturated carbocycles. The van der Waals surface area contributed by atoms with Gasteiger partial charge in [0, 0.05) is 6.42 Å². The molecular weight excluding hydrogens is 303 g/mol. The van der Waals surface area contributed by atoms with Crippen LogP contribution in [0.5, 0.6) is 5.75 Å². The standard InChI is InChI=1S/C17H17FO.C2H4O.C2H6/c1-2-5-15-6-3-4-7-17(15)19-13-12-14-8-10-16(18)11-9-14;1-2-3;1-2/h2-4,6-11H,1,5,12-13H2;2H,1H3;1-2H3. The van der Waals surface area contributed by atoms with Crippen LogP contribution in [0.2, 0.25) is 0 Å². The van der Waals surface area contributed by atoms with Gasteiger partial charge in [0.1, 0.15) is 17.9 Å². The molecule has 0 aliphatic heterocycles. The highest BCUT2D eigenvalue weighted by Crippen LogP contribution is 2.19. The number of benzene rings is 2. The van der Waals surface area contributed by atoms with Gasteiger partial charge in [-0.2, -0.15) is 0 Å². The molecule has 2 aromatic rings. The van der Waals surface area contributed by atoms with Gasteiger partial charge in [-0.05, 0) is 42.7 Å². The smallest absolute Gasteiger partial charge is 0.123 e. The van der Waals surface area contributed by atoms with E-state index in [0.717, 1.165) is 36.0 Å². The van der Waals surface area contributed by atoms with Crippen LogP contribution in [-0.2, 0) is 17.6 Å². The summed E-state index contributed by atoms with van der Waals surface area (Å²) in [4.78, 5) is 8.81. The fourth-order valence-corrected chi connectivity index (χ4v) is 1.90. The van der Waals surface area contributed by atoms with E-state index in [-0.39, 0.29) is 5.82 Å². The van der Waals surface area contributed by atoms with Crippen molar-refractivity contribution in [3.8, 4) is 5.75 Å². The van der Waals surface area contributed by atoms with Crippen molar-refractivity contribution in [1.82, 2.24) is 0 Å². The molecule has 24 heavy (non-hydrogen) atoms. The molecule has 0 fully saturated rings. The third-order valence-corrected chi connectivity index (χ3v) is 2.90. The van der Waals surface area contributed by atoms with Gasteiger partial charge < -0.3 is 9.53 Å². The van der Waals surface area contributed by atoms with Crippen molar-refractivity contribution < 1.29 is 13.9 Å². The first-order chi connectivity index (χ1) is 11.7. The number of halogens is 1. The van der Waals surface area contributed by atoms with Gasteiger partial charge >= 0.3 is 0 Å². The van der Waals surface area contributed by atoms with Gasteiger partial charge in [0.05, 0.1) is 6.61 Å². The second kappa shape index (κ2) is 14.2. The molecule has 0 radical (unpaired) electrons. The molecule has 2 rings (SSSR count). The van der Waals surface area contributed by atoms with Crippen LogP contribution >= 0.6 is 0 Å². The van der Waals surface area contributed by atoms with Crippen LogP contribution < -0.4 is 4.74 Å². The monoisotopic (exact) mass is 330 g/mol. The Morgan fingerprint density at radius 3 is 2.25 bits per heavy atom. The van der Waals surface area contributed by atoms with Crippen LogP contribution in [0.1, 0.15) is 31.9 Å². The van der Waals surface area contributed by atoms with Crippen LogP contribution in [0.4, 0.5) is 4.39 Å². The minimum atomic E-state index is -0.207. The summed E-state index contributed by atoms with van der Waals surface area (Å²) in [6, 6.07) is 14.5. The lowest BCUT2D eigenvalue weighted by Gasteiger charge is -2.10. The molecule has 0 amide bonds. The molecule has 0 aliphatic rings. The average Bonchev–Trinajstić information content (AvgIpc) is 2.61. The summed E-state index contributed by atoms with van der Waals surface area (Å²) in [6.07, 6.45) is 4.18. The number of aldehydes is 1. The Labute approximate surface area is 145 Å². The number of allylic oxidation sites excluding steroid dienone is 1. The number of hydrogen-bond acceptors (Lipinski definition) is 2. The Morgan fingerprint density at radius 1 is 1.08 bits per heavy atom. The fraction of sp³-hybridized carbons (Fsp3) is 0.286. The van der Waals surface area contributed by atoms with Crippen molar-refractivity contribution in [2.24, 2.45) is 0 Å². The van der Waals surface area contributed by atoms with Crippen molar-refractivity contribution >= 4 is 6.29 Å². The van der Waals surface area contributed by atoms with Crippen molar-refractivity contribution in [3.63, 3.8) is 0 Å². The molecule has 0 N–H and O–H groups in total. The molecule has 3 heteroatoms. The highest BCUT2D eigenvalue weighted by atomic mass is 19.1. The lowest BCUT2D eigenvalue weighted by atomic mass is 10.1. The maximum Gasteiger partial charge on any atom is 0.123 e. The summed E-state index contributed by atoms with van der Waals surface area (Å²) in [5.41, 5.74) is 2.21. The van der Waals surface area contributed by atoms with Gasteiger partial charge in [-0.3, -0.25) is 0 Å². The maximum atomic E-state index is 12.8. The van der Waals surface area contributed by atoms with Gasteiger partial charge in [0.25, 0.3) is 0 Å². The number of ether oxygens (including phenoxy) is 1. The highest BCUT2D eigenvalue weighted by molar-refractivity contribution is 5.44. The first-order valence-corrected chi connectivity index (χ1v) is 8.17. The van der Waals surface area contributed by atoms with E-state index in [0.29, 0.717) is 6.61 Å². The van der Waals surface area contributed by atoms with Crippen molar-refractivity contribution in [1.29, 1.82) is 0 Å². The Bertz CT molecular complexity index is 577. The molecule has 0 aliphatic carbocycles. The molecular formula is C21H27FO2. The van der Waals surface area contributed by atoms with Crippen LogP contribution in [0.3, 0.4) is 0 Å².